The van der Waals surface area contributed by atoms with Crippen molar-refractivity contribution in [2.45, 2.75) is 52.0 Å². The van der Waals surface area contributed by atoms with E-state index in [2.05, 4.69) is 60.2 Å². The van der Waals surface area contributed by atoms with Gasteiger partial charge >= 0.3 is 0 Å². The highest BCUT2D eigenvalue weighted by Gasteiger charge is 2.20. The lowest BCUT2D eigenvalue weighted by Gasteiger charge is -2.16. The zero-order valence-corrected chi connectivity index (χ0v) is 18.5. The van der Waals surface area contributed by atoms with Crippen LogP contribution in [-0.4, -0.2) is 25.8 Å². The van der Waals surface area contributed by atoms with E-state index in [1.54, 1.807) is 0 Å². The Bertz CT molecular complexity index is 989. The topological polar surface area (TPSA) is 81.7 Å². The van der Waals surface area contributed by atoms with Crippen LogP contribution in [0.2, 0.25) is 5.02 Å². The minimum absolute atomic E-state index is 0.0388. The van der Waals surface area contributed by atoms with Crippen molar-refractivity contribution in [1.29, 1.82) is 0 Å². The molecule has 6 nitrogen and oxygen atoms in total. The minimum atomic E-state index is -0.0388. The SMILES string of the molecule is C[C@@H](CCc1ccccc1Cl)Nc1cc(-c2cc(C(C)(C)C)nn2C)nc(N)n1. The third-order valence-corrected chi connectivity index (χ3v) is 5.22. The van der Waals surface area contributed by atoms with E-state index in [0.717, 1.165) is 40.5 Å². The molecule has 29 heavy (non-hydrogen) atoms. The summed E-state index contributed by atoms with van der Waals surface area (Å²) in [4.78, 5) is 8.78. The van der Waals surface area contributed by atoms with Gasteiger partial charge in [-0.05, 0) is 37.5 Å². The van der Waals surface area contributed by atoms with E-state index in [-0.39, 0.29) is 17.4 Å². The van der Waals surface area contributed by atoms with Gasteiger partial charge in [-0.25, -0.2) is 4.98 Å². The average molecular weight is 413 g/mol. The molecule has 0 bridgehead atoms. The van der Waals surface area contributed by atoms with Crippen LogP contribution in [-0.2, 0) is 18.9 Å². The van der Waals surface area contributed by atoms with Crippen molar-refractivity contribution in [3.05, 3.63) is 52.7 Å². The molecule has 0 spiro atoms. The van der Waals surface area contributed by atoms with Gasteiger partial charge in [0.15, 0.2) is 0 Å². The molecule has 3 N–H and O–H groups in total. The molecule has 1 aromatic carbocycles. The van der Waals surface area contributed by atoms with Gasteiger partial charge in [0, 0.05) is 29.6 Å². The molecule has 0 aliphatic rings. The van der Waals surface area contributed by atoms with E-state index < -0.39 is 0 Å². The molecule has 0 radical (unpaired) electrons. The molecule has 3 aromatic rings. The Morgan fingerprint density at radius 3 is 2.55 bits per heavy atom. The highest BCUT2D eigenvalue weighted by Crippen LogP contribution is 2.27. The molecular formula is C22H29ClN6. The molecule has 154 valence electrons. The van der Waals surface area contributed by atoms with Crippen molar-refractivity contribution in [3.63, 3.8) is 0 Å². The van der Waals surface area contributed by atoms with Crippen molar-refractivity contribution in [2.75, 3.05) is 11.1 Å². The maximum atomic E-state index is 6.26. The van der Waals surface area contributed by atoms with E-state index >= 15 is 0 Å². The number of hydrogen-bond acceptors (Lipinski definition) is 5. The van der Waals surface area contributed by atoms with Crippen molar-refractivity contribution in [2.24, 2.45) is 7.05 Å². The highest BCUT2D eigenvalue weighted by atomic mass is 35.5. The summed E-state index contributed by atoms with van der Waals surface area (Å²) in [6.45, 7) is 8.54. The second-order valence-corrected chi connectivity index (χ2v) is 8.87. The van der Waals surface area contributed by atoms with Crippen molar-refractivity contribution < 1.29 is 0 Å². The largest absolute Gasteiger partial charge is 0.368 e. The Balaban J connectivity index is 1.76. The first-order valence-electron chi connectivity index (χ1n) is 9.83. The standard InChI is InChI=1S/C22H29ClN6/c1-14(10-11-15-8-6-7-9-16(15)23)25-20-12-17(26-21(24)27-20)18-13-19(22(2,3)4)28-29(18)5/h6-9,12-14H,10-11H2,1-5H3,(H3,24,25,26,27)/t14-/m0/s1. The molecule has 1 atom stereocenters. The Labute approximate surface area is 177 Å². The zero-order valence-electron chi connectivity index (χ0n) is 17.7. The Morgan fingerprint density at radius 2 is 1.90 bits per heavy atom. The molecule has 3 rings (SSSR count). The number of nitrogen functional groups attached to an aromatic ring is 1. The first-order valence-corrected chi connectivity index (χ1v) is 10.2. The van der Waals surface area contributed by atoms with Gasteiger partial charge in [-0.2, -0.15) is 10.1 Å². The molecule has 2 aromatic heterocycles. The van der Waals surface area contributed by atoms with Crippen LogP contribution in [0.25, 0.3) is 11.4 Å². The van der Waals surface area contributed by atoms with Crippen LogP contribution >= 0.6 is 11.6 Å². The number of aromatic nitrogens is 4. The third-order valence-electron chi connectivity index (χ3n) is 4.85. The molecule has 0 unspecified atom stereocenters. The van der Waals surface area contributed by atoms with Crippen LogP contribution in [0.15, 0.2) is 36.4 Å². The lowest BCUT2D eigenvalue weighted by molar-refractivity contribution is 0.553. The average Bonchev–Trinajstić information content (AvgIpc) is 3.03. The van der Waals surface area contributed by atoms with Gasteiger partial charge in [-0.1, -0.05) is 50.6 Å². The van der Waals surface area contributed by atoms with Gasteiger partial charge < -0.3 is 11.1 Å². The van der Waals surface area contributed by atoms with Crippen LogP contribution in [0, 0.1) is 0 Å². The van der Waals surface area contributed by atoms with Crippen molar-refractivity contribution >= 4 is 23.4 Å². The molecule has 0 saturated heterocycles. The van der Waals surface area contributed by atoms with E-state index in [0.29, 0.717) is 5.82 Å². The number of rotatable bonds is 6. The van der Waals surface area contributed by atoms with E-state index in [1.807, 2.05) is 36.0 Å². The fraction of sp³-hybridized carbons (Fsp3) is 0.409. The monoisotopic (exact) mass is 412 g/mol. The highest BCUT2D eigenvalue weighted by molar-refractivity contribution is 6.31. The maximum Gasteiger partial charge on any atom is 0.222 e. The molecule has 0 fully saturated rings. The second kappa shape index (κ2) is 8.41. The quantitative estimate of drug-likeness (QED) is 0.605. The fourth-order valence-corrected chi connectivity index (χ4v) is 3.37. The number of nitrogens with two attached hydrogens (primary N) is 1. The summed E-state index contributed by atoms with van der Waals surface area (Å²) >= 11 is 6.26. The van der Waals surface area contributed by atoms with Gasteiger partial charge in [0.05, 0.1) is 17.1 Å². The van der Waals surface area contributed by atoms with Gasteiger partial charge in [0.25, 0.3) is 0 Å². The third kappa shape index (κ3) is 5.26. The summed E-state index contributed by atoms with van der Waals surface area (Å²) in [6.07, 6.45) is 1.81. The van der Waals surface area contributed by atoms with Crippen LogP contribution < -0.4 is 11.1 Å². The lowest BCUT2D eigenvalue weighted by Crippen LogP contribution is -2.18. The van der Waals surface area contributed by atoms with Crippen LogP contribution in [0.1, 0.15) is 45.4 Å². The van der Waals surface area contributed by atoms with E-state index in [1.165, 1.54) is 0 Å². The van der Waals surface area contributed by atoms with Gasteiger partial charge in [0.1, 0.15) is 5.82 Å². The summed E-state index contributed by atoms with van der Waals surface area (Å²) in [5, 5.41) is 8.87. The second-order valence-electron chi connectivity index (χ2n) is 8.46. The van der Waals surface area contributed by atoms with Crippen LogP contribution in [0.4, 0.5) is 11.8 Å². The zero-order chi connectivity index (χ0) is 21.2. The molecule has 2 heterocycles. The van der Waals surface area contributed by atoms with Crippen LogP contribution in [0.5, 0.6) is 0 Å². The molecule has 0 aliphatic carbocycles. The molecule has 0 amide bonds. The normalized spacial score (nSPS) is 12.8. The Morgan fingerprint density at radius 1 is 1.17 bits per heavy atom. The fourth-order valence-electron chi connectivity index (χ4n) is 3.14. The Hall–Kier alpha value is -2.60. The summed E-state index contributed by atoms with van der Waals surface area (Å²) in [5.41, 5.74) is 9.78. The summed E-state index contributed by atoms with van der Waals surface area (Å²) in [6, 6.07) is 12.1. The van der Waals surface area contributed by atoms with Gasteiger partial charge in [-0.15, -0.1) is 0 Å². The molecule has 7 heteroatoms. The van der Waals surface area contributed by atoms with Gasteiger partial charge in [-0.3, -0.25) is 4.68 Å². The Kier molecular flexibility index (Phi) is 6.13. The number of hydrogen-bond donors (Lipinski definition) is 2. The van der Waals surface area contributed by atoms with Crippen molar-refractivity contribution in [3.8, 4) is 11.4 Å². The smallest absolute Gasteiger partial charge is 0.222 e. The minimum Gasteiger partial charge on any atom is -0.368 e. The van der Waals surface area contributed by atoms with E-state index in [9.17, 15) is 0 Å². The first kappa shape index (κ1) is 21.1. The number of nitrogens with one attached hydrogen (secondary N) is 1. The predicted octanol–water partition coefficient (Wildman–Crippen LogP) is 4.84. The predicted molar refractivity (Wildman–Crippen MR) is 120 cm³/mol. The van der Waals surface area contributed by atoms with Crippen LogP contribution in [0.3, 0.4) is 0 Å². The number of aryl methyl sites for hydroxylation is 2. The number of anilines is 2. The first-order chi connectivity index (χ1) is 13.6. The molecule has 0 saturated carbocycles. The number of benzene rings is 1. The summed E-state index contributed by atoms with van der Waals surface area (Å²) in [7, 11) is 1.92. The maximum absolute atomic E-state index is 6.26. The molecular weight excluding hydrogens is 384 g/mol. The number of nitrogens with zero attached hydrogens (tertiary/aromatic N) is 4. The lowest BCUT2D eigenvalue weighted by atomic mass is 9.92. The van der Waals surface area contributed by atoms with E-state index in [4.69, 9.17) is 17.3 Å². The summed E-state index contributed by atoms with van der Waals surface area (Å²) < 4.78 is 1.84. The molecule has 0 aliphatic heterocycles. The van der Waals surface area contributed by atoms with Crippen molar-refractivity contribution in [1.82, 2.24) is 19.7 Å². The number of halogens is 1. The summed E-state index contributed by atoms with van der Waals surface area (Å²) in [5.74, 6) is 0.944. The van der Waals surface area contributed by atoms with Gasteiger partial charge in [0.2, 0.25) is 5.95 Å².